The molecule has 3 aromatic rings. The molecule has 3 rings (SSSR count). The molecular formula is C20H30N4O4P+. The summed E-state index contributed by atoms with van der Waals surface area (Å²) in [5.74, 6) is -1.17. The third-order valence-electron chi connectivity index (χ3n) is 4.10. The fraction of sp³-hybridized carbons (Fsp3) is 0.550. The Bertz CT molecular complexity index is 963. The van der Waals surface area contributed by atoms with Gasteiger partial charge in [-0.2, -0.15) is 18.1 Å². The van der Waals surface area contributed by atoms with Crippen molar-refractivity contribution in [3.63, 3.8) is 0 Å². The van der Waals surface area contributed by atoms with Crippen molar-refractivity contribution in [3.05, 3.63) is 35.4 Å². The topological polar surface area (TPSA) is 91.0 Å². The highest BCUT2D eigenvalue weighted by atomic mass is 31.2. The molecule has 1 N–H and O–H groups in total. The summed E-state index contributed by atoms with van der Waals surface area (Å²) in [4.78, 5) is 0. The molecule has 0 aliphatic carbocycles. The largest absolute Gasteiger partial charge is 0.448 e. The first-order valence-electron chi connectivity index (χ1n) is 9.86. The van der Waals surface area contributed by atoms with E-state index in [2.05, 4.69) is 15.5 Å². The van der Waals surface area contributed by atoms with Gasteiger partial charge in [0.2, 0.25) is 0 Å². The molecule has 0 spiro atoms. The Balaban J connectivity index is 2.23. The van der Waals surface area contributed by atoms with Crippen LogP contribution in [0.2, 0.25) is 0 Å². The van der Waals surface area contributed by atoms with E-state index in [0.717, 1.165) is 16.5 Å². The van der Waals surface area contributed by atoms with E-state index in [1.807, 2.05) is 72.7 Å². The summed E-state index contributed by atoms with van der Waals surface area (Å²) >= 11 is 0. The number of hydrogen-bond donors (Lipinski definition) is 1. The fourth-order valence-electron chi connectivity index (χ4n) is 3.23. The van der Waals surface area contributed by atoms with Crippen LogP contribution in [-0.4, -0.2) is 43.5 Å². The molecule has 1 unspecified atom stereocenters. The summed E-state index contributed by atoms with van der Waals surface area (Å²) in [6, 6.07) is 7.89. The van der Waals surface area contributed by atoms with Crippen molar-refractivity contribution in [1.29, 1.82) is 0 Å². The standard InChI is InChI=1S/C20H30N4O4P/c1-12(2)26-29(27-13(3)4,28-14(5)6)20(25)17-11-16-10-15(7)8-9-18(16)24-19(17)21-22-23-24/h8-14,20,25H,1-7H3/q+1. The first-order valence-corrected chi connectivity index (χ1v) is 11.5. The van der Waals surface area contributed by atoms with E-state index in [4.69, 9.17) is 13.6 Å². The summed E-state index contributed by atoms with van der Waals surface area (Å²) in [6.45, 7) is 13.4. The molecule has 0 aliphatic heterocycles. The lowest BCUT2D eigenvalue weighted by Crippen LogP contribution is -2.23. The first-order chi connectivity index (χ1) is 13.6. The Kier molecular flexibility index (Phi) is 6.51. The van der Waals surface area contributed by atoms with E-state index in [0.29, 0.717) is 11.2 Å². The maximum atomic E-state index is 11.6. The van der Waals surface area contributed by atoms with Crippen molar-refractivity contribution in [2.45, 2.75) is 72.6 Å². The number of tetrazole rings is 1. The lowest BCUT2D eigenvalue weighted by Gasteiger charge is -2.30. The summed E-state index contributed by atoms with van der Waals surface area (Å²) in [7, 11) is -3.20. The van der Waals surface area contributed by atoms with Crippen molar-refractivity contribution in [1.82, 2.24) is 20.0 Å². The maximum Gasteiger partial charge on any atom is 0.448 e. The number of hydrogen-bond acceptors (Lipinski definition) is 7. The minimum Gasteiger partial charge on any atom is -0.349 e. The quantitative estimate of drug-likeness (QED) is 0.531. The summed E-state index contributed by atoms with van der Waals surface area (Å²) in [5.41, 5.74) is 2.92. The number of nitrogens with zero attached hydrogens (tertiary/aromatic N) is 4. The van der Waals surface area contributed by atoms with Crippen LogP contribution in [0.15, 0.2) is 24.3 Å². The van der Waals surface area contributed by atoms with Crippen LogP contribution in [0, 0.1) is 6.92 Å². The van der Waals surface area contributed by atoms with Gasteiger partial charge in [-0.1, -0.05) is 11.6 Å². The van der Waals surface area contributed by atoms with Gasteiger partial charge in [0.05, 0.1) is 11.1 Å². The van der Waals surface area contributed by atoms with Crippen molar-refractivity contribution < 1.29 is 18.7 Å². The highest BCUT2D eigenvalue weighted by Gasteiger charge is 2.57. The summed E-state index contributed by atoms with van der Waals surface area (Å²) < 4.78 is 20.2. The molecule has 1 atom stereocenters. The molecule has 2 aromatic heterocycles. The molecule has 0 bridgehead atoms. The molecule has 8 nitrogen and oxygen atoms in total. The lowest BCUT2D eigenvalue weighted by molar-refractivity contribution is 0.0398. The lowest BCUT2D eigenvalue weighted by atomic mass is 10.1. The molecule has 9 heteroatoms. The highest BCUT2D eigenvalue weighted by molar-refractivity contribution is 7.61. The van der Waals surface area contributed by atoms with Gasteiger partial charge in [0, 0.05) is 5.39 Å². The number of aliphatic hydroxyl groups excluding tert-OH is 1. The number of rotatable bonds is 8. The smallest absolute Gasteiger partial charge is 0.349 e. The molecule has 0 saturated heterocycles. The van der Waals surface area contributed by atoms with Crippen LogP contribution >= 0.6 is 7.94 Å². The zero-order chi connectivity index (χ0) is 21.3. The van der Waals surface area contributed by atoms with Crippen LogP contribution in [0.5, 0.6) is 0 Å². The third kappa shape index (κ3) is 4.57. The van der Waals surface area contributed by atoms with Gasteiger partial charge in [0.15, 0.2) is 5.65 Å². The van der Waals surface area contributed by atoms with Gasteiger partial charge in [-0.3, -0.25) is 0 Å². The number of benzene rings is 1. The second kappa shape index (κ2) is 8.58. The average Bonchev–Trinajstić information content (AvgIpc) is 3.08. The molecule has 0 saturated carbocycles. The molecule has 29 heavy (non-hydrogen) atoms. The SMILES string of the molecule is Cc1ccc2c(c1)cc(C(O)[P+](OC(C)C)(OC(C)C)OC(C)C)c1nnnn12. The van der Waals surface area contributed by atoms with Crippen LogP contribution in [-0.2, 0) is 13.6 Å². The molecule has 0 amide bonds. The molecule has 158 valence electrons. The number of pyridine rings is 1. The van der Waals surface area contributed by atoms with Gasteiger partial charge in [0.25, 0.3) is 5.85 Å². The van der Waals surface area contributed by atoms with Gasteiger partial charge < -0.3 is 5.11 Å². The van der Waals surface area contributed by atoms with Gasteiger partial charge in [0.1, 0.15) is 18.3 Å². The average molecular weight is 421 g/mol. The summed E-state index contributed by atoms with van der Waals surface area (Å²) in [5, 5.41) is 24.6. The highest BCUT2D eigenvalue weighted by Crippen LogP contribution is 2.73. The Labute approximate surface area is 171 Å². The van der Waals surface area contributed by atoms with E-state index in [1.165, 1.54) is 0 Å². The Morgan fingerprint density at radius 3 is 2.07 bits per heavy atom. The molecule has 2 heterocycles. The van der Waals surface area contributed by atoms with Gasteiger partial charge in [-0.05, 0) is 77.1 Å². The van der Waals surface area contributed by atoms with Gasteiger partial charge >= 0.3 is 7.94 Å². The van der Waals surface area contributed by atoms with Crippen LogP contribution in [0.4, 0.5) is 0 Å². The summed E-state index contributed by atoms with van der Waals surface area (Å²) in [6.07, 6.45) is -0.611. The number of aromatic nitrogens is 4. The predicted molar refractivity (Wildman–Crippen MR) is 114 cm³/mol. The van der Waals surface area contributed by atoms with E-state index in [9.17, 15) is 5.11 Å². The van der Waals surface area contributed by atoms with Crippen LogP contribution in [0.3, 0.4) is 0 Å². The van der Waals surface area contributed by atoms with E-state index in [-0.39, 0.29) is 18.3 Å². The van der Waals surface area contributed by atoms with Crippen molar-refractivity contribution in [2.24, 2.45) is 0 Å². The monoisotopic (exact) mass is 421 g/mol. The molecule has 1 aromatic carbocycles. The molecular weight excluding hydrogens is 391 g/mol. The predicted octanol–water partition coefficient (Wildman–Crippen LogP) is 4.61. The minimum absolute atomic E-state index is 0.204. The van der Waals surface area contributed by atoms with Crippen molar-refractivity contribution >= 4 is 24.5 Å². The van der Waals surface area contributed by atoms with E-state index >= 15 is 0 Å². The normalized spacial score (nSPS) is 14.0. The van der Waals surface area contributed by atoms with Crippen molar-refractivity contribution in [2.75, 3.05) is 0 Å². The number of aliphatic hydroxyl groups is 1. The molecule has 0 aliphatic rings. The zero-order valence-electron chi connectivity index (χ0n) is 18.0. The maximum absolute atomic E-state index is 11.6. The molecule has 0 radical (unpaired) electrons. The fourth-order valence-corrected chi connectivity index (χ4v) is 6.02. The number of fused-ring (bicyclic) bond motifs is 3. The second-order valence-electron chi connectivity index (χ2n) is 7.95. The Hall–Kier alpha value is -1.70. The van der Waals surface area contributed by atoms with Gasteiger partial charge in [-0.15, -0.1) is 5.10 Å². The van der Waals surface area contributed by atoms with Gasteiger partial charge in [-0.25, -0.2) is 0 Å². The zero-order valence-corrected chi connectivity index (χ0v) is 18.9. The van der Waals surface area contributed by atoms with Crippen LogP contribution in [0.25, 0.3) is 16.6 Å². The third-order valence-corrected chi connectivity index (χ3v) is 7.12. The van der Waals surface area contributed by atoms with E-state index < -0.39 is 13.8 Å². The first kappa shape index (κ1) is 22.0. The molecule has 0 fully saturated rings. The van der Waals surface area contributed by atoms with Crippen LogP contribution < -0.4 is 0 Å². The van der Waals surface area contributed by atoms with Crippen molar-refractivity contribution in [3.8, 4) is 0 Å². The minimum atomic E-state index is -3.20. The second-order valence-corrected chi connectivity index (χ2v) is 10.2. The number of aryl methyl sites for hydroxylation is 1. The Morgan fingerprint density at radius 1 is 0.931 bits per heavy atom. The van der Waals surface area contributed by atoms with E-state index in [1.54, 1.807) is 4.52 Å². The van der Waals surface area contributed by atoms with Crippen LogP contribution in [0.1, 0.15) is 58.5 Å². The Morgan fingerprint density at radius 2 is 1.52 bits per heavy atom.